The topological polar surface area (TPSA) is 38.3 Å². The Bertz CT molecular complexity index is 658. The van der Waals surface area contributed by atoms with E-state index in [1.165, 1.54) is 19.2 Å². The van der Waals surface area contributed by atoms with Crippen molar-refractivity contribution in [1.82, 2.24) is 0 Å². The number of methoxy groups -OCH3 is 1. The van der Waals surface area contributed by atoms with Crippen molar-refractivity contribution in [2.45, 2.75) is 6.92 Å². The molecule has 0 saturated heterocycles. The highest BCUT2D eigenvalue weighted by Gasteiger charge is 2.12. The first kappa shape index (κ1) is 14.5. The molecule has 2 rings (SSSR count). The Kier molecular flexibility index (Phi) is 4.39. The van der Waals surface area contributed by atoms with Crippen molar-refractivity contribution >= 4 is 27.5 Å². The summed E-state index contributed by atoms with van der Waals surface area (Å²) in [6, 6.07) is 9.63. The van der Waals surface area contributed by atoms with Crippen LogP contribution in [0.1, 0.15) is 15.9 Å². The van der Waals surface area contributed by atoms with Crippen molar-refractivity contribution < 1.29 is 13.9 Å². The number of benzene rings is 2. The lowest BCUT2D eigenvalue weighted by Gasteiger charge is -2.10. The molecule has 0 heterocycles. The van der Waals surface area contributed by atoms with Crippen molar-refractivity contribution in [3.05, 3.63) is 57.8 Å². The maximum Gasteiger partial charge on any atom is 0.255 e. The molecule has 0 atom stereocenters. The van der Waals surface area contributed by atoms with Gasteiger partial charge < -0.3 is 10.1 Å². The molecule has 1 amide bonds. The van der Waals surface area contributed by atoms with Gasteiger partial charge in [-0.25, -0.2) is 4.39 Å². The smallest absolute Gasteiger partial charge is 0.255 e. The number of rotatable bonds is 3. The van der Waals surface area contributed by atoms with E-state index in [9.17, 15) is 9.18 Å². The van der Waals surface area contributed by atoms with E-state index >= 15 is 0 Å². The SMILES string of the molecule is COc1ccc(C(=O)Nc2cccc(C)c2Br)cc1F. The second-order valence-corrected chi connectivity index (χ2v) is 5.03. The molecule has 104 valence electrons. The molecule has 20 heavy (non-hydrogen) atoms. The van der Waals surface area contributed by atoms with Gasteiger partial charge in [0, 0.05) is 10.0 Å². The highest BCUT2D eigenvalue weighted by Crippen LogP contribution is 2.26. The van der Waals surface area contributed by atoms with E-state index in [-0.39, 0.29) is 17.2 Å². The van der Waals surface area contributed by atoms with Crippen molar-refractivity contribution in [3.63, 3.8) is 0 Å². The highest BCUT2D eigenvalue weighted by atomic mass is 79.9. The average molecular weight is 338 g/mol. The molecule has 0 fully saturated rings. The van der Waals surface area contributed by atoms with E-state index < -0.39 is 5.82 Å². The normalized spacial score (nSPS) is 10.2. The number of aryl methyl sites for hydroxylation is 1. The van der Waals surface area contributed by atoms with Gasteiger partial charge >= 0.3 is 0 Å². The van der Waals surface area contributed by atoms with Crippen LogP contribution < -0.4 is 10.1 Å². The molecule has 0 radical (unpaired) electrons. The fourth-order valence-corrected chi connectivity index (χ4v) is 2.11. The summed E-state index contributed by atoms with van der Waals surface area (Å²) in [6.45, 7) is 1.92. The van der Waals surface area contributed by atoms with Gasteiger partial charge in [0.2, 0.25) is 0 Å². The Balaban J connectivity index is 2.24. The van der Waals surface area contributed by atoms with E-state index in [1.54, 1.807) is 6.07 Å². The fourth-order valence-electron chi connectivity index (χ4n) is 1.75. The molecule has 0 aromatic heterocycles. The van der Waals surface area contributed by atoms with Crippen molar-refractivity contribution in [3.8, 4) is 5.75 Å². The van der Waals surface area contributed by atoms with Gasteiger partial charge in [-0.2, -0.15) is 0 Å². The van der Waals surface area contributed by atoms with Crippen LogP contribution in [0, 0.1) is 12.7 Å². The minimum absolute atomic E-state index is 0.110. The summed E-state index contributed by atoms with van der Waals surface area (Å²) < 4.78 is 19.2. The van der Waals surface area contributed by atoms with E-state index in [0.29, 0.717) is 5.69 Å². The quantitative estimate of drug-likeness (QED) is 0.913. The first-order valence-electron chi connectivity index (χ1n) is 5.93. The molecule has 2 aromatic rings. The Morgan fingerprint density at radius 3 is 2.70 bits per heavy atom. The van der Waals surface area contributed by atoms with E-state index in [0.717, 1.165) is 16.1 Å². The molecule has 2 aromatic carbocycles. The summed E-state index contributed by atoms with van der Waals surface area (Å²) in [5, 5.41) is 2.74. The van der Waals surface area contributed by atoms with Crippen molar-refractivity contribution in [1.29, 1.82) is 0 Å². The second-order valence-electron chi connectivity index (χ2n) is 4.24. The lowest BCUT2D eigenvalue weighted by molar-refractivity contribution is 0.102. The second kappa shape index (κ2) is 6.05. The third-order valence-corrected chi connectivity index (χ3v) is 3.91. The summed E-state index contributed by atoms with van der Waals surface area (Å²) in [5.74, 6) is -0.834. The predicted octanol–water partition coefficient (Wildman–Crippen LogP) is 4.16. The first-order valence-corrected chi connectivity index (χ1v) is 6.72. The Morgan fingerprint density at radius 2 is 2.05 bits per heavy atom. The summed E-state index contributed by atoms with van der Waals surface area (Å²) in [4.78, 5) is 12.1. The summed E-state index contributed by atoms with van der Waals surface area (Å²) >= 11 is 3.41. The van der Waals surface area contributed by atoms with Gasteiger partial charge in [0.05, 0.1) is 12.8 Å². The number of halogens is 2. The van der Waals surface area contributed by atoms with Gasteiger partial charge in [-0.1, -0.05) is 12.1 Å². The zero-order valence-electron chi connectivity index (χ0n) is 11.0. The largest absolute Gasteiger partial charge is 0.494 e. The Labute approximate surface area is 124 Å². The summed E-state index contributed by atoms with van der Waals surface area (Å²) in [5.41, 5.74) is 1.88. The molecule has 0 saturated carbocycles. The molecule has 0 unspecified atom stereocenters. The van der Waals surface area contributed by atoms with Crippen LogP contribution >= 0.6 is 15.9 Å². The van der Waals surface area contributed by atoms with Gasteiger partial charge in [0.1, 0.15) is 0 Å². The molecular formula is C15H13BrFNO2. The van der Waals surface area contributed by atoms with Crippen LogP contribution in [-0.2, 0) is 0 Å². The van der Waals surface area contributed by atoms with E-state index in [1.807, 2.05) is 19.1 Å². The van der Waals surface area contributed by atoms with Crippen molar-refractivity contribution in [2.75, 3.05) is 12.4 Å². The van der Waals surface area contributed by atoms with Crippen LogP contribution in [0.25, 0.3) is 0 Å². The number of anilines is 1. The third-order valence-electron chi connectivity index (χ3n) is 2.85. The van der Waals surface area contributed by atoms with Crippen LogP contribution in [-0.4, -0.2) is 13.0 Å². The van der Waals surface area contributed by atoms with Gasteiger partial charge in [-0.05, 0) is 52.7 Å². The number of hydrogen-bond donors (Lipinski definition) is 1. The molecule has 3 nitrogen and oxygen atoms in total. The number of ether oxygens (including phenoxy) is 1. The summed E-state index contributed by atoms with van der Waals surface area (Å²) in [7, 11) is 1.38. The van der Waals surface area contributed by atoms with Crippen LogP contribution in [0.15, 0.2) is 40.9 Å². The predicted molar refractivity (Wildman–Crippen MR) is 79.8 cm³/mol. The fraction of sp³-hybridized carbons (Fsp3) is 0.133. The molecule has 0 bridgehead atoms. The van der Waals surface area contributed by atoms with E-state index in [4.69, 9.17) is 4.74 Å². The highest BCUT2D eigenvalue weighted by molar-refractivity contribution is 9.10. The zero-order chi connectivity index (χ0) is 14.7. The minimum atomic E-state index is -0.566. The minimum Gasteiger partial charge on any atom is -0.494 e. The molecule has 0 aliphatic rings. The van der Waals surface area contributed by atoms with E-state index in [2.05, 4.69) is 21.2 Å². The van der Waals surface area contributed by atoms with Crippen LogP contribution in [0.5, 0.6) is 5.75 Å². The molecule has 1 N–H and O–H groups in total. The first-order chi connectivity index (χ1) is 9.52. The van der Waals surface area contributed by atoms with Gasteiger partial charge in [-0.15, -0.1) is 0 Å². The zero-order valence-corrected chi connectivity index (χ0v) is 12.6. The van der Waals surface area contributed by atoms with Gasteiger partial charge in [0.25, 0.3) is 5.91 Å². The molecule has 0 aliphatic heterocycles. The number of carbonyl (C=O) groups is 1. The average Bonchev–Trinajstić information content (AvgIpc) is 2.43. The number of carbonyl (C=O) groups excluding carboxylic acids is 1. The molecule has 0 aliphatic carbocycles. The lowest BCUT2D eigenvalue weighted by atomic mass is 10.1. The lowest BCUT2D eigenvalue weighted by Crippen LogP contribution is -2.12. The number of amides is 1. The molecule has 5 heteroatoms. The molecular weight excluding hydrogens is 325 g/mol. The number of hydrogen-bond acceptors (Lipinski definition) is 2. The van der Waals surface area contributed by atoms with Crippen LogP contribution in [0.3, 0.4) is 0 Å². The van der Waals surface area contributed by atoms with Crippen LogP contribution in [0.2, 0.25) is 0 Å². The van der Waals surface area contributed by atoms with Gasteiger partial charge in [-0.3, -0.25) is 4.79 Å². The van der Waals surface area contributed by atoms with Gasteiger partial charge in [0.15, 0.2) is 11.6 Å². The molecule has 0 spiro atoms. The number of nitrogens with one attached hydrogen (secondary N) is 1. The summed E-state index contributed by atoms with van der Waals surface area (Å²) in [6.07, 6.45) is 0. The Hall–Kier alpha value is -1.88. The standard InChI is InChI=1S/C15H13BrFNO2/c1-9-4-3-5-12(14(9)16)18-15(19)10-6-7-13(20-2)11(17)8-10/h3-8H,1-2H3,(H,18,19). The third kappa shape index (κ3) is 2.99. The monoisotopic (exact) mass is 337 g/mol. The van der Waals surface area contributed by atoms with Crippen molar-refractivity contribution in [2.24, 2.45) is 0 Å². The maximum absolute atomic E-state index is 13.6. The Morgan fingerprint density at radius 1 is 1.30 bits per heavy atom. The maximum atomic E-state index is 13.6. The van der Waals surface area contributed by atoms with Crippen LogP contribution in [0.4, 0.5) is 10.1 Å².